The molecule has 0 amide bonds. The Labute approximate surface area is 508 Å². The molecule has 3 heterocycles. The molecule has 406 valence electrons. The second kappa shape index (κ2) is 21.8. The predicted octanol–water partition coefficient (Wildman–Crippen LogP) is 21.5. The van der Waals surface area contributed by atoms with Gasteiger partial charge in [0.15, 0.2) is 22.9 Å². The fourth-order valence-electron chi connectivity index (χ4n) is 12.5. The lowest BCUT2D eigenvalue weighted by atomic mass is 9.94. The first-order valence-corrected chi connectivity index (χ1v) is 28.8. The van der Waals surface area contributed by atoms with E-state index in [0.29, 0.717) is 28.5 Å². The maximum Gasteiger partial charge on any atom is 0.187 e. The van der Waals surface area contributed by atoms with Crippen molar-refractivity contribution in [3.05, 3.63) is 319 Å². The molecule has 0 saturated heterocycles. The van der Waals surface area contributed by atoms with Crippen molar-refractivity contribution in [2.45, 2.75) is 0 Å². The van der Waals surface area contributed by atoms with E-state index in [4.69, 9.17) is 29.7 Å². The number of rotatable bonds is 10. The SMILES string of the molecule is [C-]#[N+]c1cccc(-c2ccc3c(c2)c2cc(-c4cccc([N+]#[C-])c4)ccc2n3-c2ccccc2-c2c(-c3nc(-c4ccccc4)cc(-c4ccccc4)n3)cccc2-n2c3ccc(-c4cccc(C#N)c4)cc3c3cc(-c4cccc([N+]#[C-])c4)ccc32)c1. The molecule has 15 rings (SSSR count). The Hall–Kier alpha value is -12.7. The number of para-hydroxylation sites is 1. The molecule has 0 atom stereocenters. The second-order valence-corrected chi connectivity index (χ2v) is 21.7. The fourth-order valence-corrected chi connectivity index (χ4v) is 12.5. The minimum Gasteiger partial charge on any atom is -0.309 e. The highest BCUT2D eigenvalue weighted by molar-refractivity contribution is 6.14. The Kier molecular flexibility index (Phi) is 12.9. The summed E-state index contributed by atoms with van der Waals surface area (Å²) < 4.78 is 4.74. The Morgan fingerprint density at radius 3 is 1.10 bits per heavy atom. The predicted molar refractivity (Wildman–Crippen MR) is 358 cm³/mol. The van der Waals surface area contributed by atoms with Gasteiger partial charge in [-0.05, 0) is 142 Å². The van der Waals surface area contributed by atoms with Crippen LogP contribution in [-0.4, -0.2) is 19.1 Å². The van der Waals surface area contributed by atoms with E-state index in [1.807, 2.05) is 115 Å². The maximum absolute atomic E-state index is 10.0. The van der Waals surface area contributed by atoms with E-state index >= 15 is 0 Å². The molecule has 8 heteroatoms. The quantitative estimate of drug-likeness (QED) is 0.128. The van der Waals surface area contributed by atoms with Crippen molar-refractivity contribution in [1.82, 2.24) is 19.1 Å². The molecular formula is C80H46N8. The number of aromatic nitrogens is 4. The first kappa shape index (κ1) is 52.1. The number of nitrogens with zero attached hydrogens (tertiary/aromatic N) is 8. The molecule has 0 aliphatic heterocycles. The van der Waals surface area contributed by atoms with Crippen molar-refractivity contribution in [3.63, 3.8) is 0 Å². The standard InChI is InChI=1S/C80H46N8/c1-82-62-26-13-23-55(42-62)59-34-37-74-67(46-59)68-47-60(56-24-14-27-63(43-56)83-2)35-38-75(68)87(74)73-31-11-10-29-65(73)79-66(80-85-71(52-18-6-4-7-19-52)49-72(86-80)53-20-8-5-9-21-53)30-16-32-78(79)88-76-39-33-58(54-22-12-17-51(41-54)50-81)45-69(76)70-48-61(36-40-77(70)88)57-25-15-28-64(44-57)84-3/h4-49H. The van der Waals surface area contributed by atoms with Crippen LogP contribution in [-0.2, 0) is 0 Å². The Balaban J connectivity index is 1.05. The van der Waals surface area contributed by atoms with Crippen molar-refractivity contribution in [2.75, 3.05) is 0 Å². The molecule has 12 aromatic carbocycles. The van der Waals surface area contributed by atoms with Gasteiger partial charge in [0.05, 0.1) is 76.2 Å². The van der Waals surface area contributed by atoms with E-state index in [-0.39, 0.29) is 0 Å². The molecule has 0 bridgehead atoms. The van der Waals surface area contributed by atoms with Gasteiger partial charge < -0.3 is 9.13 Å². The lowest BCUT2D eigenvalue weighted by Crippen LogP contribution is -2.04. The third kappa shape index (κ3) is 9.17. The van der Waals surface area contributed by atoms with Crippen LogP contribution in [0, 0.1) is 31.0 Å². The van der Waals surface area contributed by atoms with Crippen LogP contribution in [0.5, 0.6) is 0 Å². The monoisotopic (exact) mass is 1120 g/mol. The number of fused-ring (bicyclic) bond motifs is 6. The molecule has 0 fully saturated rings. The summed E-state index contributed by atoms with van der Waals surface area (Å²) in [6.45, 7) is 23.6. The van der Waals surface area contributed by atoms with Gasteiger partial charge >= 0.3 is 0 Å². The normalized spacial score (nSPS) is 11.1. The summed E-state index contributed by atoms with van der Waals surface area (Å²) in [6.07, 6.45) is 0. The van der Waals surface area contributed by atoms with Gasteiger partial charge in [-0.2, -0.15) is 5.26 Å². The first-order valence-electron chi connectivity index (χ1n) is 28.8. The van der Waals surface area contributed by atoms with Gasteiger partial charge in [0.1, 0.15) is 0 Å². The number of hydrogen-bond acceptors (Lipinski definition) is 3. The topological polar surface area (TPSA) is 72.5 Å². The average Bonchev–Trinajstić information content (AvgIpc) is 3.91. The van der Waals surface area contributed by atoms with E-state index in [0.717, 1.165) is 139 Å². The van der Waals surface area contributed by atoms with Crippen LogP contribution >= 0.6 is 0 Å². The molecule has 0 unspecified atom stereocenters. The third-order valence-corrected chi connectivity index (χ3v) is 16.6. The molecule has 0 radical (unpaired) electrons. The summed E-state index contributed by atoms with van der Waals surface area (Å²) in [6, 6.07) is 97.3. The van der Waals surface area contributed by atoms with Gasteiger partial charge in [-0.1, -0.05) is 182 Å². The number of hydrogen-bond donors (Lipinski definition) is 0. The first-order chi connectivity index (χ1) is 43.4. The molecule has 0 aliphatic rings. The summed E-state index contributed by atoms with van der Waals surface area (Å²) in [5.41, 5.74) is 21.8. The van der Waals surface area contributed by atoms with Gasteiger partial charge in [-0.15, -0.1) is 0 Å². The van der Waals surface area contributed by atoms with Crippen LogP contribution in [0.1, 0.15) is 5.56 Å². The number of nitriles is 1. The molecule has 3 aromatic heterocycles. The summed E-state index contributed by atoms with van der Waals surface area (Å²) >= 11 is 0. The average molecular weight is 1120 g/mol. The highest BCUT2D eigenvalue weighted by atomic mass is 15.0. The van der Waals surface area contributed by atoms with Crippen molar-refractivity contribution < 1.29 is 0 Å². The summed E-state index contributed by atoms with van der Waals surface area (Å²) in [5.74, 6) is 0.550. The summed E-state index contributed by atoms with van der Waals surface area (Å²) in [4.78, 5) is 22.4. The molecule has 8 nitrogen and oxygen atoms in total. The molecule has 0 N–H and O–H groups in total. The van der Waals surface area contributed by atoms with E-state index in [1.54, 1.807) is 0 Å². The van der Waals surface area contributed by atoms with Crippen molar-refractivity contribution in [2.24, 2.45) is 0 Å². The largest absolute Gasteiger partial charge is 0.309 e. The minimum absolute atomic E-state index is 0.550. The highest BCUT2D eigenvalue weighted by Gasteiger charge is 2.26. The molecule has 88 heavy (non-hydrogen) atoms. The Morgan fingerprint density at radius 1 is 0.307 bits per heavy atom. The van der Waals surface area contributed by atoms with Crippen LogP contribution in [0.4, 0.5) is 17.1 Å². The van der Waals surface area contributed by atoms with Gasteiger partial charge in [0.2, 0.25) is 0 Å². The van der Waals surface area contributed by atoms with E-state index < -0.39 is 0 Å². The number of benzene rings is 12. The lowest BCUT2D eigenvalue weighted by molar-refractivity contribution is 1.15. The van der Waals surface area contributed by atoms with E-state index in [1.165, 1.54) is 0 Å². The van der Waals surface area contributed by atoms with E-state index in [9.17, 15) is 5.26 Å². The zero-order chi connectivity index (χ0) is 59.2. The molecule has 0 spiro atoms. The van der Waals surface area contributed by atoms with Gasteiger partial charge in [0, 0.05) is 49.4 Å². The molecule has 15 aromatic rings. The van der Waals surface area contributed by atoms with Crippen molar-refractivity contribution in [1.29, 1.82) is 5.26 Å². The fraction of sp³-hybridized carbons (Fsp3) is 0. The maximum atomic E-state index is 10.0. The zero-order valence-electron chi connectivity index (χ0n) is 47.1. The van der Waals surface area contributed by atoms with Crippen LogP contribution < -0.4 is 0 Å². The van der Waals surface area contributed by atoms with Crippen LogP contribution in [0.25, 0.3) is 159 Å². The Bertz CT molecular complexity index is 5220. The molecule has 0 aliphatic carbocycles. The zero-order valence-corrected chi connectivity index (χ0v) is 47.1. The highest BCUT2D eigenvalue weighted by Crippen LogP contribution is 2.47. The van der Waals surface area contributed by atoms with Gasteiger partial charge in [-0.25, -0.2) is 24.5 Å². The van der Waals surface area contributed by atoms with Crippen LogP contribution in [0.15, 0.2) is 279 Å². The summed E-state index contributed by atoms with van der Waals surface area (Å²) in [5, 5.41) is 14.1. The third-order valence-electron chi connectivity index (χ3n) is 16.6. The van der Waals surface area contributed by atoms with E-state index in [2.05, 4.69) is 194 Å². The van der Waals surface area contributed by atoms with Crippen molar-refractivity contribution >= 4 is 60.7 Å². The molecular weight excluding hydrogens is 1070 g/mol. The van der Waals surface area contributed by atoms with Gasteiger partial charge in [-0.3, -0.25) is 0 Å². The lowest BCUT2D eigenvalue weighted by Gasteiger charge is -2.21. The smallest absolute Gasteiger partial charge is 0.187 e. The van der Waals surface area contributed by atoms with Crippen LogP contribution in [0.2, 0.25) is 0 Å². The minimum atomic E-state index is 0.550. The molecule has 0 saturated carbocycles. The Morgan fingerprint density at radius 2 is 0.659 bits per heavy atom. The second-order valence-electron chi connectivity index (χ2n) is 21.7. The van der Waals surface area contributed by atoms with Crippen LogP contribution in [0.3, 0.4) is 0 Å². The summed E-state index contributed by atoms with van der Waals surface area (Å²) in [7, 11) is 0. The van der Waals surface area contributed by atoms with Gasteiger partial charge in [0.25, 0.3) is 0 Å². The van der Waals surface area contributed by atoms with Crippen molar-refractivity contribution in [3.8, 4) is 107 Å².